The minimum atomic E-state index is 0.819. The average Bonchev–Trinajstić information content (AvgIpc) is 2.54. The molecule has 0 fully saturated rings. The van der Waals surface area contributed by atoms with Gasteiger partial charge < -0.3 is 10.1 Å². The van der Waals surface area contributed by atoms with Crippen molar-refractivity contribution < 1.29 is 4.74 Å². The van der Waals surface area contributed by atoms with Crippen LogP contribution in [0.3, 0.4) is 0 Å². The zero-order chi connectivity index (χ0) is 14.8. The third-order valence-electron chi connectivity index (χ3n) is 3.44. The number of nitrogens with one attached hydrogen (secondary N) is 1. The van der Waals surface area contributed by atoms with Crippen molar-refractivity contribution in [3.05, 3.63) is 65.7 Å². The Morgan fingerprint density at radius 2 is 1.48 bits per heavy atom. The van der Waals surface area contributed by atoms with Crippen molar-refractivity contribution in [2.45, 2.75) is 39.3 Å². The molecule has 0 radical (unpaired) electrons. The van der Waals surface area contributed by atoms with E-state index in [1.54, 1.807) is 0 Å². The molecule has 0 saturated carbocycles. The topological polar surface area (TPSA) is 21.3 Å². The smallest absolute Gasteiger partial charge is 0.119 e. The van der Waals surface area contributed by atoms with E-state index in [1.807, 2.05) is 6.07 Å². The van der Waals surface area contributed by atoms with Crippen LogP contribution in [0, 0.1) is 0 Å². The van der Waals surface area contributed by atoms with Crippen molar-refractivity contribution in [2.75, 3.05) is 6.61 Å². The third kappa shape index (κ3) is 6.01. The van der Waals surface area contributed by atoms with Gasteiger partial charge in [0.1, 0.15) is 5.75 Å². The maximum absolute atomic E-state index is 5.72. The summed E-state index contributed by atoms with van der Waals surface area (Å²) in [5.41, 5.74) is 2.60. The molecule has 2 nitrogen and oxygen atoms in total. The first-order valence-electron chi connectivity index (χ1n) is 7.85. The largest absolute Gasteiger partial charge is 0.494 e. The lowest BCUT2D eigenvalue weighted by atomic mass is 10.2. The van der Waals surface area contributed by atoms with Crippen molar-refractivity contribution in [3.8, 4) is 5.75 Å². The third-order valence-corrected chi connectivity index (χ3v) is 3.44. The summed E-state index contributed by atoms with van der Waals surface area (Å²) in [5.74, 6) is 0.970. The maximum Gasteiger partial charge on any atom is 0.119 e. The van der Waals surface area contributed by atoms with Crippen molar-refractivity contribution in [3.63, 3.8) is 0 Å². The van der Waals surface area contributed by atoms with Gasteiger partial charge in [-0.1, -0.05) is 62.2 Å². The highest BCUT2D eigenvalue weighted by atomic mass is 16.5. The van der Waals surface area contributed by atoms with Crippen LogP contribution < -0.4 is 10.1 Å². The summed E-state index contributed by atoms with van der Waals surface area (Å²) in [5, 5.41) is 3.46. The second-order valence-electron chi connectivity index (χ2n) is 5.29. The highest BCUT2D eigenvalue weighted by Gasteiger charge is 1.97. The van der Waals surface area contributed by atoms with Crippen LogP contribution in [-0.4, -0.2) is 6.61 Å². The zero-order valence-electron chi connectivity index (χ0n) is 12.8. The van der Waals surface area contributed by atoms with Gasteiger partial charge in [-0.3, -0.25) is 0 Å². The molecular formula is C19H25NO. The van der Waals surface area contributed by atoms with E-state index < -0.39 is 0 Å². The van der Waals surface area contributed by atoms with Crippen molar-refractivity contribution >= 4 is 0 Å². The molecule has 2 aromatic carbocycles. The number of ether oxygens (including phenoxy) is 1. The van der Waals surface area contributed by atoms with E-state index in [-0.39, 0.29) is 0 Å². The molecule has 2 rings (SSSR count). The van der Waals surface area contributed by atoms with E-state index in [0.29, 0.717) is 0 Å². The molecule has 0 bridgehead atoms. The first-order chi connectivity index (χ1) is 10.4. The Morgan fingerprint density at radius 1 is 0.810 bits per heavy atom. The van der Waals surface area contributed by atoms with E-state index >= 15 is 0 Å². The fraction of sp³-hybridized carbons (Fsp3) is 0.368. The normalized spacial score (nSPS) is 10.5. The van der Waals surface area contributed by atoms with Gasteiger partial charge in [0.15, 0.2) is 0 Å². The lowest BCUT2D eigenvalue weighted by Gasteiger charge is -2.08. The van der Waals surface area contributed by atoms with Gasteiger partial charge in [0.25, 0.3) is 0 Å². The molecule has 1 N–H and O–H groups in total. The maximum atomic E-state index is 5.72. The number of benzene rings is 2. The van der Waals surface area contributed by atoms with Gasteiger partial charge in [-0.2, -0.15) is 0 Å². The summed E-state index contributed by atoms with van der Waals surface area (Å²) in [6.07, 6.45) is 3.60. The van der Waals surface area contributed by atoms with Crippen molar-refractivity contribution in [2.24, 2.45) is 0 Å². The molecule has 0 spiro atoms. The van der Waals surface area contributed by atoms with Gasteiger partial charge in [-0.15, -0.1) is 0 Å². The predicted molar refractivity (Wildman–Crippen MR) is 88.4 cm³/mol. The Labute approximate surface area is 128 Å². The van der Waals surface area contributed by atoms with Crippen LogP contribution >= 0.6 is 0 Å². The van der Waals surface area contributed by atoms with E-state index in [0.717, 1.165) is 31.9 Å². The molecule has 0 unspecified atom stereocenters. The van der Waals surface area contributed by atoms with E-state index in [4.69, 9.17) is 4.74 Å². The van der Waals surface area contributed by atoms with Crippen LogP contribution in [0.2, 0.25) is 0 Å². The fourth-order valence-electron chi connectivity index (χ4n) is 2.19. The monoisotopic (exact) mass is 283 g/mol. The standard InChI is InChI=1S/C19H25NO/c1-2-3-7-14-21-19-12-10-18(11-13-19)16-20-15-17-8-5-4-6-9-17/h4-6,8-13,20H,2-3,7,14-16H2,1H3. The molecule has 2 heteroatoms. The van der Waals surface area contributed by atoms with Gasteiger partial charge >= 0.3 is 0 Å². The first-order valence-corrected chi connectivity index (χ1v) is 7.85. The highest BCUT2D eigenvalue weighted by Crippen LogP contribution is 2.13. The molecule has 0 aliphatic heterocycles. The molecule has 0 atom stereocenters. The molecule has 0 aliphatic rings. The molecule has 0 aliphatic carbocycles. The van der Waals surface area contributed by atoms with E-state index in [1.165, 1.54) is 24.0 Å². The quantitative estimate of drug-likeness (QED) is 0.682. The lowest BCUT2D eigenvalue weighted by Crippen LogP contribution is -2.12. The minimum absolute atomic E-state index is 0.819. The average molecular weight is 283 g/mol. The molecule has 0 saturated heterocycles. The van der Waals surface area contributed by atoms with Crippen LogP contribution in [0.25, 0.3) is 0 Å². The fourth-order valence-corrected chi connectivity index (χ4v) is 2.19. The summed E-state index contributed by atoms with van der Waals surface area (Å²) >= 11 is 0. The Balaban J connectivity index is 1.69. The molecule has 0 aromatic heterocycles. The lowest BCUT2D eigenvalue weighted by molar-refractivity contribution is 0.306. The Bertz CT molecular complexity index is 493. The van der Waals surface area contributed by atoms with Crippen LogP contribution in [0.1, 0.15) is 37.3 Å². The Morgan fingerprint density at radius 3 is 2.14 bits per heavy atom. The van der Waals surface area contributed by atoms with Gasteiger partial charge in [0, 0.05) is 13.1 Å². The first kappa shape index (κ1) is 15.6. The minimum Gasteiger partial charge on any atom is -0.494 e. The summed E-state index contributed by atoms with van der Waals surface area (Å²) < 4.78 is 5.72. The summed E-state index contributed by atoms with van der Waals surface area (Å²) in [6.45, 7) is 4.80. The van der Waals surface area contributed by atoms with E-state index in [9.17, 15) is 0 Å². The number of rotatable bonds is 9. The molecule has 0 amide bonds. The molecule has 21 heavy (non-hydrogen) atoms. The molecule has 0 heterocycles. The van der Waals surface area contributed by atoms with Gasteiger partial charge in [-0.25, -0.2) is 0 Å². The van der Waals surface area contributed by atoms with Gasteiger partial charge in [0.05, 0.1) is 6.61 Å². The van der Waals surface area contributed by atoms with Crippen LogP contribution in [0.15, 0.2) is 54.6 Å². The number of hydrogen-bond acceptors (Lipinski definition) is 2. The summed E-state index contributed by atoms with van der Waals surface area (Å²) in [4.78, 5) is 0. The number of hydrogen-bond donors (Lipinski definition) is 1. The van der Waals surface area contributed by atoms with Gasteiger partial charge in [-0.05, 0) is 29.7 Å². The van der Waals surface area contributed by atoms with Crippen LogP contribution in [-0.2, 0) is 13.1 Å². The van der Waals surface area contributed by atoms with E-state index in [2.05, 4.69) is 60.8 Å². The van der Waals surface area contributed by atoms with Crippen molar-refractivity contribution in [1.29, 1.82) is 0 Å². The Kier molecular flexibility index (Phi) is 6.82. The molecule has 112 valence electrons. The SMILES string of the molecule is CCCCCOc1ccc(CNCc2ccccc2)cc1. The Hall–Kier alpha value is -1.80. The van der Waals surface area contributed by atoms with Crippen molar-refractivity contribution in [1.82, 2.24) is 5.32 Å². The number of unbranched alkanes of at least 4 members (excludes halogenated alkanes) is 2. The summed E-state index contributed by atoms with van der Waals surface area (Å²) in [6, 6.07) is 18.9. The second kappa shape index (κ2) is 9.19. The van der Waals surface area contributed by atoms with Crippen LogP contribution in [0.4, 0.5) is 0 Å². The second-order valence-corrected chi connectivity index (χ2v) is 5.29. The molecule has 2 aromatic rings. The molecular weight excluding hydrogens is 258 g/mol. The van der Waals surface area contributed by atoms with Crippen LogP contribution in [0.5, 0.6) is 5.75 Å². The highest BCUT2D eigenvalue weighted by molar-refractivity contribution is 5.27. The van der Waals surface area contributed by atoms with Gasteiger partial charge in [0.2, 0.25) is 0 Å². The predicted octanol–water partition coefficient (Wildman–Crippen LogP) is 4.55. The summed E-state index contributed by atoms with van der Waals surface area (Å²) in [7, 11) is 0. The zero-order valence-corrected chi connectivity index (χ0v) is 12.8.